The fourth-order valence-electron chi connectivity index (χ4n) is 0.433. The van der Waals surface area contributed by atoms with Crippen molar-refractivity contribution >= 4 is 5.97 Å². The fraction of sp³-hybridized carbons (Fsp3) is 0.750. The summed E-state index contributed by atoms with van der Waals surface area (Å²) >= 11 is 0. The predicted molar refractivity (Wildman–Crippen MR) is 19.3 cm³/mol. The Bertz CT molecular complexity index is 103. The summed E-state index contributed by atoms with van der Waals surface area (Å²) < 4.78 is 4.52. The summed E-state index contributed by atoms with van der Waals surface area (Å²) in [5.74, 6) is -1.10. The first-order valence-corrected chi connectivity index (χ1v) is 2.08. The third-order valence-electron chi connectivity index (χ3n) is 0.943. The molecule has 1 aliphatic rings. The van der Waals surface area contributed by atoms with E-state index in [1.807, 2.05) is 0 Å². The first-order valence-electron chi connectivity index (χ1n) is 2.08. The molecule has 0 saturated carbocycles. The standard InChI is InChI=1S/C4H6O3.Na/c1-2-3(7-2)4(5)6;/h2-3H,1H3,(H,5,6);/q;+1/p-1/t2-,3-;/m1./s1. The van der Waals surface area contributed by atoms with Crippen LogP contribution in [0.25, 0.3) is 0 Å². The van der Waals surface area contributed by atoms with E-state index < -0.39 is 12.1 Å². The Labute approximate surface area is 69.3 Å². The minimum Gasteiger partial charge on any atom is -0.547 e. The van der Waals surface area contributed by atoms with Crippen LogP contribution in [0.5, 0.6) is 0 Å². The first kappa shape index (κ1) is 8.43. The molecule has 1 saturated heterocycles. The van der Waals surface area contributed by atoms with Crippen molar-refractivity contribution in [3.63, 3.8) is 0 Å². The molecule has 0 aromatic rings. The van der Waals surface area contributed by atoms with Gasteiger partial charge in [0.05, 0.1) is 12.1 Å². The van der Waals surface area contributed by atoms with Crippen LogP contribution >= 0.6 is 0 Å². The number of ether oxygens (including phenoxy) is 1. The molecule has 0 aliphatic carbocycles. The van der Waals surface area contributed by atoms with E-state index in [1.165, 1.54) is 0 Å². The zero-order valence-corrected chi connectivity index (χ0v) is 6.88. The molecule has 0 spiro atoms. The van der Waals surface area contributed by atoms with Gasteiger partial charge in [-0.05, 0) is 6.92 Å². The van der Waals surface area contributed by atoms with Gasteiger partial charge in [0.15, 0.2) is 0 Å². The Kier molecular flexibility index (Phi) is 2.98. The van der Waals surface area contributed by atoms with Gasteiger partial charge in [-0.3, -0.25) is 0 Å². The molecule has 40 valence electrons. The first-order chi connectivity index (χ1) is 3.22. The summed E-state index contributed by atoms with van der Waals surface area (Å²) in [5, 5.41) is 9.74. The predicted octanol–water partition coefficient (Wildman–Crippen LogP) is -4.47. The largest absolute Gasteiger partial charge is 1.00 e. The van der Waals surface area contributed by atoms with Crippen LogP contribution in [0.3, 0.4) is 0 Å². The number of epoxide rings is 1. The van der Waals surface area contributed by atoms with Gasteiger partial charge < -0.3 is 14.6 Å². The summed E-state index contributed by atoms with van der Waals surface area (Å²) in [4.78, 5) is 9.74. The molecular formula is C4H5NaO3. The SMILES string of the molecule is C[C@H]1O[C@H]1C(=O)[O-].[Na+]. The molecule has 0 amide bonds. The fourth-order valence-corrected chi connectivity index (χ4v) is 0.433. The van der Waals surface area contributed by atoms with Crippen molar-refractivity contribution in [3.05, 3.63) is 0 Å². The molecule has 1 heterocycles. The minimum atomic E-state index is -1.10. The van der Waals surface area contributed by atoms with Gasteiger partial charge in [0.25, 0.3) is 0 Å². The molecule has 0 bridgehead atoms. The number of carbonyl (C=O) groups excluding carboxylic acids is 1. The quantitative estimate of drug-likeness (QED) is 0.261. The topological polar surface area (TPSA) is 52.7 Å². The van der Waals surface area contributed by atoms with E-state index in [0.717, 1.165) is 0 Å². The molecule has 1 fully saturated rings. The van der Waals surface area contributed by atoms with Crippen molar-refractivity contribution in [1.29, 1.82) is 0 Å². The molecule has 0 aromatic carbocycles. The Balaban J connectivity index is 0.000000490. The molecule has 2 atom stereocenters. The Morgan fingerprint density at radius 1 is 1.75 bits per heavy atom. The number of carboxylic acids is 1. The smallest absolute Gasteiger partial charge is 0.547 e. The van der Waals surface area contributed by atoms with E-state index in [4.69, 9.17) is 0 Å². The third-order valence-corrected chi connectivity index (χ3v) is 0.943. The second-order valence-electron chi connectivity index (χ2n) is 1.58. The average Bonchev–Trinajstić information content (AvgIpc) is 2.17. The second-order valence-corrected chi connectivity index (χ2v) is 1.58. The summed E-state index contributed by atoms with van der Waals surface area (Å²) in [6, 6.07) is 0. The number of rotatable bonds is 1. The molecule has 1 rings (SSSR count). The Morgan fingerprint density at radius 3 is 2.12 bits per heavy atom. The van der Waals surface area contributed by atoms with Gasteiger partial charge in [0.2, 0.25) is 0 Å². The summed E-state index contributed by atoms with van der Waals surface area (Å²) in [7, 11) is 0. The minimum absolute atomic E-state index is 0. The van der Waals surface area contributed by atoms with E-state index in [9.17, 15) is 9.90 Å². The van der Waals surface area contributed by atoms with Gasteiger partial charge >= 0.3 is 29.6 Å². The van der Waals surface area contributed by atoms with E-state index in [1.54, 1.807) is 6.92 Å². The van der Waals surface area contributed by atoms with E-state index >= 15 is 0 Å². The Hall–Kier alpha value is 0.430. The summed E-state index contributed by atoms with van der Waals surface area (Å²) in [5.41, 5.74) is 0. The van der Waals surface area contributed by atoms with Gasteiger partial charge in [-0.25, -0.2) is 0 Å². The van der Waals surface area contributed by atoms with E-state index in [2.05, 4.69) is 4.74 Å². The van der Waals surface area contributed by atoms with Crippen LogP contribution in [0.2, 0.25) is 0 Å². The monoisotopic (exact) mass is 124 g/mol. The van der Waals surface area contributed by atoms with Crippen molar-refractivity contribution in [2.75, 3.05) is 0 Å². The molecule has 4 heteroatoms. The molecule has 0 unspecified atom stereocenters. The van der Waals surface area contributed by atoms with Crippen LogP contribution in [0.15, 0.2) is 0 Å². The zero-order valence-electron chi connectivity index (χ0n) is 4.88. The number of aliphatic carboxylic acids is 1. The van der Waals surface area contributed by atoms with Crippen LogP contribution in [0, 0.1) is 0 Å². The number of carboxylic acid groups (broad SMARTS) is 1. The molecule has 8 heavy (non-hydrogen) atoms. The maximum atomic E-state index is 9.74. The van der Waals surface area contributed by atoms with Gasteiger partial charge in [0.1, 0.15) is 6.10 Å². The molecule has 1 aliphatic heterocycles. The van der Waals surface area contributed by atoms with Gasteiger partial charge in [-0.15, -0.1) is 0 Å². The van der Waals surface area contributed by atoms with Crippen molar-refractivity contribution < 1.29 is 44.2 Å². The number of hydrogen-bond acceptors (Lipinski definition) is 3. The Morgan fingerprint density at radius 2 is 2.12 bits per heavy atom. The van der Waals surface area contributed by atoms with Crippen molar-refractivity contribution in [2.24, 2.45) is 0 Å². The van der Waals surface area contributed by atoms with Crippen LogP contribution in [-0.4, -0.2) is 18.2 Å². The van der Waals surface area contributed by atoms with Crippen LogP contribution in [0.1, 0.15) is 6.92 Å². The van der Waals surface area contributed by atoms with Crippen molar-refractivity contribution in [3.8, 4) is 0 Å². The van der Waals surface area contributed by atoms with Crippen LogP contribution < -0.4 is 34.7 Å². The number of hydrogen-bond donors (Lipinski definition) is 0. The van der Waals surface area contributed by atoms with Crippen molar-refractivity contribution in [1.82, 2.24) is 0 Å². The maximum Gasteiger partial charge on any atom is 1.00 e. The van der Waals surface area contributed by atoms with Crippen LogP contribution in [0.4, 0.5) is 0 Å². The van der Waals surface area contributed by atoms with Gasteiger partial charge in [0, 0.05) is 0 Å². The van der Waals surface area contributed by atoms with Gasteiger partial charge in [-0.1, -0.05) is 0 Å². The third kappa shape index (κ3) is 1.74. The van der Waals surface area contributed by atoms with Crippen molar-refractivity contribution in [2.45, 2.75) is 19.1 Å². The van der Waals surface area contributed by atoms with Crippen LogP contribution in [-0.2, 0) is 9.53 Å². The van der Waals surface area contributed by atoms with Gasteiger partial charge in [-0.2, -0.15) is 0 Å². The maximum absolute atomic E-state index is 9.74. The second kappa shape index (κ2) is 2.82. The molecule has 3 nitrogen and oxygen atoms in total. The number of carbonyl (C=O) groups is 1. The summed E-state index contributed by atoms with van der Waals surface area (Å²) in [6.07, 6.45) is -0.745. The molecule has 0 aromatic heterocycles. The van der Waals surface area contributed by atoms with E-state index in [-0.39, 0.29) is 35.7 Å². The summed E-state index contributed by atoms with van der Waals surface area (Å²) in [6.45, 7) is 1.69. The molecule has 0 N–H and O–H groups in total. The normalized spacial score (nSPS) is 33.1. The zero-order chi connectivity index (χ0) is 5.44. The molecular weight excluding hydrogens is 119 g/mol. The average molecular weight is 124 g/mol. The van der Waals surface area contributed by atoms with E-state index in [0.29, 0.717) is 0 Å². The molecule has 0 radical (unpaired) electrons.